The molecule has 2 aromatic carbocycles. The van der Waals surface area contributed by atoms with E-state index in [0.717, 1.165) is 35.3 Å². The number of aromatic nitrogens is 3. The van der Waals surface area contributed by atoms with Crippen molar-refractivity contribution in [3.63, 3.8) is 0 Å². The Kier molecular flexibility index (Phi) is 9.33. The van der Waals surface area contributed by atoms with E-state index in [4.69, 9.17) is 29.0 Å². The summed E-state index contributed by atoms with van der Waals surface area (Å²) in [6.07, 6.45) is 4.09. The Morgan fingerprint density at radius 1 is 1.12 bits per heavy atom. The predicted molar refractivity (Wildman–Crippen MR) is 184 cm³/mol. The fourth-order valence-corrected chi connectivity index (χ4v) is 6.41. The molecule has 0 spiro atoms. The monoisotopic (exact) mass is 656 g/mol. The fourth-order valence-electron chi connectivity index (χ4n) is 6.41. The number of carbonyl (C=O) groups is 1. The molecular formula is C38H45FN4O5. The quantitative estimate of drug-likeness (QED) is 0.164. The number of ether oxygens (including phenoxy) is 4. The van der Waals surface area contributed by atoms with E-state index in [1.165, 1.54) is 12.1 Å². The zero-order valence-electron chi connectivity index (χ0n) is 28.9. The first kappa shape index (κ1) is 33.6. The average molecular weight is 657 g/mol. The second-order valence-corrected chi connectivity index (χ2v) is 13.8. The van der Waals surface area contributed by atoms with Crippen LogP contribution in [0.25, 0.3) is 28.0 Å². The van der Waals surface area contributed by atoms with Crippen LogP contribution in [-0.4, -0.2) is 64.2 Å². The number of hydrogen-bond acceptors (Lipinski definition) is 8. The maximum atomic E-state index is 14.5. The molecule has 0 amide bonds. The Balaban J connectivity index is 1.56. The lowest BCUT2D eigenvalue weighted by atomic mass is 9.92. The zero-order valence-corrected chi connectivity index (χ0v) is 28.9. The van der Waals surface area contributed by atoms with Crippen LogP contribution in [-0.2, 0) is 19.0 Å². The third-order valence-corrected chi connectivity index (χ3v) is 8.82. The van der Waals surface area contributed by atoms with Crippen molar-refractivity contribution in [3.8, 4) is 28.1 Å². The Labute approximate surface area is 281 Å². The van der Waals surface area contributed by atoms with Crippen LogP contribution in [0.1, 0.15) is 71.7 Å². The summed E-state index contributed by atoms with van der Waals surface area (Å²) < 4.78 is 41.0. The standard InChI is InChI=1S/C38H45FN4O5/c1-8-45-36(44)34(48-37(4,5)6)33-25(3)40-32-23-30-27-13-9-12-26(21-27)29-15-14-28(39)22-31(29)47-24(2)11-10-20-46-38(7)16-18-42(19-17-38)35(33)43(32)41-30/h9-15,21-24,34H,8,16-20H2,1-7H3/b11-10+/t24-,34-/m0/s1. The van der Waals surface area contributed by atoms with Gasteiger partial charge >= 0.3 is 5.97 Å². The average Bonchev–Trinajstić information content (AvgIpc) is 3.45. The Morgan fingerprint density at radius 3 is 2.60 bits per heavy atom. The molecule has 6 bridgehead atoms. The van der Waals surface area contributed by atoms with Crippen molar-refractivity contribution in [1.29, 1.82) is 0 Å². The van der Waals surface area contributed by atoms with E-state index in [2.05, 4.69) is 11.8 Å². The lowest BCUT2D eigenvalue weighted by Gasteiger charge is -2.41. The summed E-state index contributed by atoms with van der Waals surface area (Å²) in [6.45, 7) is 15.5. The van der Waals surface area contributed by atoms with Gasteiger partial charge in [0.15, 0.2) is 11.8 Å². The van der Waals surface area contributed by atoms with Gasteiger partial charge in [-0.15, -0.1) is 0 Å². The first-order valence-electron chi connectivity index (χ1n) is 16.7. The molecule has 0 radical (unpaired) electrons. The van der Waals surface area contributed by atoms with Crippen molar-refractivity contribution in [1.82, 2.24) is 14.6 Å². The number of piperidine rings is 1. The highest BCUT2D eigenvalue weighted by Crippen LogP contribution is 2.40. The van der Waals surface area contributed by atoms with Crippen molar-refractivity contribution in [2.75, 3.05) is 31.2 Å². The van der Waals surface area contributed by atoms with Gasteiger partial charge in [0.05, 0.1) is 35.7 Å². The van der Waals surface area contributed by atoms with Crippen molar-refractivity contribution >= 4 is 17.4 Å². The number of anilines is 1. The second kappa shape index (κ2) is 13.3. The number of rotatable bonds is 4. The highest BCUT2D eigenvalue weighted by molar-refractivity contribution is 5.81. The highest BCUT2D eigenvalue weighted by Gasteiger charge is 2.38. The minimum Gasteiger partial charge on any atom is -0.486 e. The van der Waals surface area contributed by atoms with Gasteiger partial charge in [-0.3, -0.25) is 0 Å². The lowest BCUT2D eigenvalue weighted by molar-refractivity contribution is -0.166. The molecule has 2 aromatic heterocycles. The van der Waals surface area contributed by atoms with E-state index in [1.54, 1.807) is 13.0 Å². The van der Waals surface area contributed by atoms with Gasteiger partial charge in [-0.05, 0) is 91.1 Å². The maximum Gasteiger partial charge on any atom is 0.340 e. The van der Waals surface area contributed by atoms with E-state index in [1.807, 2.05) is 81.6 Å². The molecule has 3 aliphatic rings. The third-order valence-electron chi connectivity index (χ3n) is 8.82. The van der Waals surface area contributed by atoms with Gasteiger partial charge in [0.2, 0.25) is 0 Å². The van der Waals surface area contributed by atoms with E-state index in [-0.39, 0.29) is 24.1 Å². The van der Waals surface area contributed by atoms with Crippen LogP contribution in [0.15, 0.2) is 60.7 Å². The molecule has 1 saturated heterocycles. The van der Waals surface area contributed by atoms with E-state index in [0.29, 0.717) is 48.0 Å². The minimum absolute atomic E-state index is 0.225. The Hall–Kier alpha value is -4.28. The van der Waals surface area contributed by atoms with Gasteiger partial charge in [-0.25, -0.2) is 14.2 Å². The maximum absolute atomic E-state index is 14.5. The van der Waals surface area contributed by atoms with Crippen molar-refractivity contribution in [3.05, 3.63) is 77.8 Å². The number of aryl methyl sites for hydroxylation is 1. The summed E-state index contributed by atoms with van der Waals surface area (Å²) >= 11 is 0. The molecule has 5 heterocycles. The summed E-state index contributed by atoms with van der Waals surface area (Å²) in [5.74, 6) is 0.366. The molecule has 1 fully saturated rings. The molecule has 4 aromatic rings. The largest absolute Gasteiger partial charge is 0.486 e. The van der Waals surface area contributed by atoms with Crippen molar-refractivity contribution in [2.45, 2.75) is 84.7 Å². The van der Waals surface area contributed by atoms with Crippen molar-refractivity contribution < 1.29 is 28.1 Å². The second-order valence-electron chi connectivity index (χ2n) is 13.8. The van der Waals surface area contributed by atoms with E-state index < -0.39 is 17.7 Å². The third kappa shape index (κ3) is 7.10. The van der Waals surface area contributed by atoms with Gasteiger partial charge in [0, 0.05) is 42.0 Å². The van der Waals surface area contributed by atoms with Gasteiger partial charge in [0.1, 0.15) is 23.5 Å². The van der Waals surface area contributed by atoms with Crippen LogP contribution in [0.5, 0.6) is 5.75 Å². The summed E-state index contributed by atoms with van der Waals surface area (Å²) in [4.78, 5) is 20.8. The molecule has 9 nitrogen and oxygen atoms in total. The topological polar surface area (TPSA) is 87.4 Å². The molecule has 254 valence electrons. The number of nitrogens with zero attached hydrogens (tertiary/aromatic N) is 4. The van der Waals surface area contributed by atoms with Gasteiger partial charge in [-0.1, -0.05) is 24.3 Å². The van der Waals surface area contributed by atoms with E-state index >= 15 is 0 Å². The molecule has 3 aliphatic heterocycles. The molecule has 10 heteroatoms. The molecule has 0 unspecified atom stereocenters. The van der Waals surface area contributed by atoms with Crippen LogP contribution in [0.2, 0.25) is 0 Å². The summed E-state index contributed by atoms with van der Waals surface area (Å²) in [7, 11) is 0. The SMILES string of the molecule is CCOC(=O)[C@@H](OC(C)(C)C)c1c(C)nc2cc3nn2c1N1CCC(C)(CC1)OC/C=C/[C@H](C)Oc1cc(F)ccc1-c1cccc-3c1. The molecule has 0 N–H and O–H groups in total. The fraction of sp³-hybridized carbons (Fsp3) is 0.447. The van der Waals surface area contributed by atoms with Gasteiger partial charge in [0.25, 0.3) is 0 Å². The number of hydrogen-bond donors (Lipinski definition) is 0. The zero-order chi connectivity index (χ0) is 34.2. The number of carbonyl (C=O) groups excluding carboxylic acids is 1. The molecule has 0 aliphatic carbocycles. The van der Waals surface area contributed by atoms with E-state index in [9.17, 15) is 9.18 Å². The van der Waals surface area contributed by atoms with Gasteiger partial charge < -0.3 is 23.8 Å². The highest BCUT2D eigenvalue weighted by atomic mass is 19.1. The molecule has 48 heavy (non-hydrogen) atoms. The molecule has 0 saturated carbocycles. The van der Waals surface area contributed by atoms with Crippen molar-refractivity contribution in [2.24, 2.45) is 0 Å². The normalized spacial score (nSPS) is 21.2. The molecular weight excluding hydrogens is 611 g/mol. The number of halogens is 1. The first-order chi connectivity index (χ1) is 22.8. The summed E-state index contributed by atoms with van der Waals surface area (Å²) in [6, 6.07) is 14.5. The number of benzene rings is 2. The van der Waals surface area contributed by atoms with Crippen LogP contribution >= 0.6 is 0 Å². The van der Waals surface area contributed by atoms with Crippen LogP contribution in [0.3, 0.4) is 0 Å². The van der Waals surface area contributed by atoms with Crippen LogP contribution in [0.4, 0.5) is 10.2 Å². The molecule has 2 atom stereocenters. The minimum atomic E-state index is -1.01. The van der Waals surface area contributed by atoms with Crippen LogP contribution in [0, 0.1) is 12.7 Å². The number of esters is 1. The first-order valence-corrected chi connectivity index (χ1v) is 16.7. The summed E-state index contributed by atoms with van der Waals surface area (Å²) in [5.41, 5.74) is 4.14. The Bertz CT molecular complexity index is 1840. The Morgan fingerprint density at radius 2 is 1.88 bits per heavy atom. The predicted octanol–water partition coefficient (Wildman–Crippen LogP) is 7.64. The summed E-state index contributed by atoms with van der Waals surface area (Å²) in [5, 5.41) is 5.12. The molecule has 7 rings (SSSR count). The smallest absolute Gasteiger partial charge is 0.340 e. The van der Waals surface area contributed by atoms with Gasteiger partial charge in [-0.2, -0.15) is 9.61 Å². The van der Waals surface area contributed by atoms with Crippen LogP contribution < -0.4 is 9.64 Å². The number of fused-ring (bicyclic) bond motifs is 6. The lowest BCUT2D eigenvalue weighted by Crippen LogP contribution is -2.45.